The normalized spacial score (nSPS) is 19.4. The van der Waals surface area contributed by atoms with Crippen LogP contribution in [0.25, 0.3) is 0 Å². The monoisotopic (exact) mass is 340 g/mol. The molecular formula is C21H25FN2O. The Bertz CT molecular complexity index is 687. The van der Waals surface area contributed by atoms with E-state index in [4.69, 9.17) is 0 Å². The molecule has 1 aliphatic heterocycles. The second kappa shape index (κ2) is 8.26. The summed E-state index contributed by atoms with van der Waals surface area (Å²) in [5.41, 5.74) is 2.20. The van der Waals surface area contributed by atoms with Gasteiger partial charge >= 0.3 is 0 Å². The van der Waals surface area contributed by atoms with E-state index >= 15 is 0 Å². The number of benzene rings is 2. The van der Waals surface area contributed by atoms with Crippen molar-refractivity contribution in [1.29, 1.82) is 0 Å². The molecule has 1 heterocycles. The van der Waals surface area contributed by atoms with Crippen LogP contribution in [0.1, 0.15) is 36.9 Å². The second-order valence-corrected chi connectivity index (χ2v) is 6.84. The van der Waals surface area contributed by atoms with Gasteiger partial charge in [-0.25, -0.2) is 4.39 Å². The number of amides is 1. The molecule has 0 aromatic heterocycles. The number of rotatable bonds is 5. The molecule has 0 spiro atoms. The number of halogens is 1. The van der Waals surface area contributed by atoms with Crippen LogP contribution in [0.2, 0.25) is 0 Å². The number of hydrogen-bond acceptors (Lipinski definition) is 2. The first-order valence-electron chi connectivity index (χ1n) is 8.94. The second-order valence-electron chi connectivity index (χ2n) is 6.84. The zero-order valence-corrected chi connectivity index (χ0v) is 14.6. The zero-order valence-electron chi connectivity index (χ0n) is 14.6. The number of likely N-dealkylation sites (tertiary alicyclic amines) is 1. The van der Waals surface area contributed by atoms with Crippen molar-refractivity contribution in [2.24, 2.45) is 5.92 Å². The lowest BCUT2D eigenvalue weighted by molar-refractivity contribution is -0.127. The zero-order chi connectivity index (χ0) is 17.6. The molecule has 2 atom stereocenters. The van der Waals surface area contributed by atoms with Gasteiger partial charge in [0.1, 0.15) is 5.82 Å². The highest BCUT2D eigenvalue weighted by molar-refractivity contribution is 5.79. The van der Waals surface area contributed by atoms with E-state index in [1.54, 1.807) is 0 Å². The Hall–Kier alpha value is -2.20. The van der Waals surface area contributed by atoms with Gasteiger partial charge in [0.15, 0.2) is 0 Å². The molecule has 25 heavy (non-hydrogen) atoms. The van der Waals surface area contributed by atoms with E-state index in [1.165, 1.54) is 12.1 Å². The number of nitrogens with zero attached hydrogens (tertiary/aromatic N) is 1. The number of carbonyl (C=O) groups is 1. The van der Waals surface area contributed by atoms with Gasteiger partial charge in [-0.3, -0.25) is 9.69 Å². The van der Waals surface area contributed by atoms with Crippen molar-refractivity contribution in [3.63, 3.8) is 0 Å². The minimum atomic E-state index is -0.213. The maximum atomic E-state index is 13.0. The topological polar surface area (TPSA) is 32.3 Å². The fourth-order valence-corrected chi connectivity index (χ4v) is 3.42. The summed E-state index contributed by atoms with van der Waals surface area (Å²) >= 11 is 0. The Labute approximate surface area is 148 Å². The molecule has 4 heteroatoms. The molecule has 1 aliphatic rings. The molecule has 132 valence electrons. The van der Waals surface area contributed by atoms with Gasteiger partial charge in [-0.1, -0.05) is 42.5 Å². The molecule has 0 radical (unpaired) electrons. The highest BCUT2D eigenvalue weighted by Crippen LogP contribution is 2.20. The lowest BCUT2D eigenvalue weighted by Crippen LogP contribution is -2.43. The van der Waals surface area contributed by atoms with Crippen LogP contribution in [0, 0.1) is 11.7 Å². The van der Waals surface area contributed by atoms with E-state index in [-0.39, 0.29) is 23.7 Å². The molecule has 2 aromatic rings. The third kappa shape index (κ3) is 4.89. The van der Waals surface area contributed by atoms with Crippen LogP contribution in [0.5, 0.6) is 0 Å². The number of carbonyl (C=O) groups excluding carboxylic acids is 1. The molecule has 0 aliphatic carbocycles. The van der Waals surface area contributed by atoms with Gasteiger partial charge in [0.2, 0.25) is 5.91 Å². The predicted molar refractivity (Wildman–Crippen MR) is 97.4 cm³/mol. The summed E-state index contributed by atoms with van der Waals surface area (Å²) in [5, 5.41) is 3.14. The minimum absolute atomic E-state index is 0.0142. The van der Waals surface area contributed by atoms with Crippen LogP contribution in [0.4, 0.5) is 4.39 Å². The van der Waals surface area contributed by atoms with Gasteiger partial charge < -0.3 is 5.32 Å². The summed E-state index contributed by atoms with van der Waals surface area (Å²) in [5.74, 6) is -0.0740. The highest BCUT2D eigenvalue weighted by Gasteiger charge is 2.26. The molecule has 1 fully saturated rings. The van der Waals surface area contributed by atoms with Crippen molar-refractivity contribution >= 4 is 5.91 Å². The first-order valence-corrected chi connectivity index (χ1v) is 8.94. The van der Waals surface area contributed by atoms with E-state index in [2.05, 4.69) is 10.2 Å². The van der Waals surface area contributed by atoms with Gasteiger partial charge in [0.25, 0.3) is 0 Å². The lowest BCUT2D eigenvalue weighted by atomic mass is 9.96. The average molecular weight is 340 g/mol. The molecule has 2 aromatic carbocycles. The van der Waals surface area contributed by atoms with E-state index in [9.17, 15) is 9.18 Å². The van der Waals surface area contributed by atoms with Crippen LogP contribution >= 0.6 is 0 Å². The summed E-state index contributed by atoms with van der Waals surface area (Å²) in [6, 6.07) is 16.7. The predicted octanol–water partition coefficient (Wildman–Crippen LogP) is 3.92. The van der Waals surface area contributed by atoms with Crippen molar-refractivity contribution in [3.05, 3.63) is 71.5 Å². The van der Waals surface area contributed by atoms with E-state index in [0.29, 0.717) is 0 Å². The number of nitrogens with one attached hydrogen (secondary N) is 1. The van der Waals surface area contributed by atoms with Gasteiger partial charge in [0.05, 0.1) is 12.0 Å². The van der Waals surface area contributed by atoms with E-state index < -0.39 is 0 Å². The highest BCUT2D eigenvalue weighted by atomic mass is 19.1. The van der Waals surface area contributed by atoms with Crippen molar-refractivity contribution < 1.29 is 9.18 Å². The first kappa shape index (κ1) is 17.6. The smallest absolute Gasteiger partial charge is 0.224 e. The fourth-order valence-electron chi connectivity index (χ4n) is 3.42. The summed E-state index contributed by atoms with van der Waals surface area (Å²) < 4.78 is 13.0. The van der Waals surface area contributed by atoms with Crippen LogP contribution in [-0.2, 0) is 11.3 Å². The lowest BCUT2D eigenvalue weighted by Gasteiger charge is -2.32. The quantitative estimate of drug-likeness (QED) is 0.895. The molecule has 0 unspecified atom stereocenters. The van der Waals surface area contributed by atoms with E-state index in [0.717, 1.165) is 43.6 Å². The number of hydrogen-bond donors (Lipinski definition) is 1. The molecule has 1 N–H and O–H groups in total. The Morgan fingerprint density at radius 2 is 1.92 bits per heavy atom. The Morgan fingerprint density at radius 3 is 2.64 bits per heavy atom. The maximum absolute atomic E-state index is 13.0. The Balaban J connectivity index is 1.55. The van der Waals surface area contributed by atoms with Gasteiger partial charge in [-0.15, -0.1) is 0 Å². The molecular weight excluding hydrogens is 315 g/mol. The first-order chi connectivity index (χ1) is 12.1. The largest absolute Gasteiger partial charge is 0.349 e. The summed E-state index contributed by atoms with van der Waals surface area (Å²) in [7, 11) is 0. The third-order valence-corrected chi connectivity index (χ3v) is 4.85. The van der Waals surface area contributed by atoms with Crippen LogP contribution in [0.3, 0.4) is 0 Å². The summed E-state index contributed by atoms with van der Waals surface area (Å²) in [4.78, 5) is 14.9. The summed E-state index contributed by atoms with van der Waals surface area (Å²) in [6.45, 7) is 4.52. The van der Waals surface area contributed by atoms with Gasteiger partial charge in [-0.05, 0) is 49.6 Å². The maximum Gasteiger partial charge on any atom is 0.224 e. The van der Waals surface area contributed by atoms with Crippen molar-refractivity contribution in [2.75, 3.05) is 13.1 Å². The molecule has 3 rings (SSSR count). The minimum Gasteiger partial charge on any atom is -0.349 e. The fraction of sp³-hybridized carbons (Fsp3) is 0.381. The van der Waals surface area contributed by atoms with Crippen molar-refractivity contribution in [3.8, 4) is 0 Å². The summed E-state index contributed by atoms with van der Waals surface area (Å²) in [6.07, 6.45) is 1.94. The standard InChI is InChI=1S/C21H25FN2O/c1-16(18-6-3-2-4-7-18)23-21(25)19-8-5-13-24(15-19)14-17-9-11-20(22)12-10-17/h2-4,6-7,9-12,16,19H,5,8,13-15H2,1H3,(H,23,25)/t16-,19+/m0/s1. The SMILES string of the molecule is C[C@H](NC(=O)[C@@H]1CCCN(Cc2ccc(F)cc2)C1)c1ccccc1. The van der Waals surface area contributed by atoms with Crippen molar-refractivity contribution in [1.82, 2.24) is 10.2 Å². The molecule has 0 saturated carbocycles. The molecule has 1 saturated heterocycles. The van der Waals surface area contributed by atoms with Crippen molar-refractivity contribution in [2.45, 2.75) is 32.4 Å². The third-order valence-electron chi connectivity index (χ3n) is 4.85. The molecule has 3 nitrogen and oxygen atoms in total. The molecule has 1 amide bonds. The van der Waals surface area contributed by atoms with Crippen LogP contribution in [0.15, 0.2) is 54.6 Å². The number of piperidine rings is 1. The molecule has 0 bridgehead atoms. The van der Waals surface area contributed by atoms with Gasteiger partial charge in [-0.2, -0.15) is 0 Å². The average Bonchev–Trinajstić information content (AvgIpc) is 2.64. The van der Waals surface area contributed by atoms with Crippen LogP contribution in [-0.4, -0.2) is 23.9 Å². The van der Waals surface area contributed by atoms with Gasteiger partial charge in [0, 0.05) is 13.1 Å². The van der Waals surface area contributed by atoms with E-state index in [1.807, 2.05) is 49.4 Å². The Kier molecular flexibility index (Phi) is 5.82. The Morgan fingerprint density at radius 1 is 1.20 bits per heavy atom. The van der Waals surface area contributed by atoms with Crippen LogP contribution < -0.4 is 5.32 Å².